The summed E-state index contributed by atoms with van der Waals surface area (Å²) in [5, 5.41) is 8.84. The SMILES string of the molecule is CCCCCCC/C=C\CCCCCCCC(=O)OC(CCC)CC(=O)O. The van der Waals surface area contributed by atoms with E-state index >= 15 is 0 Å². The van der Waals surface area contributed by atoms with Crippen LogP contribution in [0.5, 0.6) is 0 Å². The van der Waals surface area contributed by atoms with Crippen LogP contribution in [0.3, 0.4) is 0 Å². The molecule has 0 aromatic heterocycles. The van der Waals surface area contributed by atoms with Crippen molar-refractivity contribution in [2.45, 2.75) is 123 Å². The lowest BCUT2D eigenvalue weighted by Gasteiger charge is -2.15. The molecule has 0 radical (unpaired) electrons. The van der Waals surface area contributed by atoms with Crippen LogP contribution in [-0.2, 0) is 14.3 Å². The summed E-state index contributed by atoms with van der Waals surface area (Å²) in [4.78, 5) is 22.6. The fourth-order valence-electron chi connectivity index (χ4n) is 3.13. The summed E-state index contributed by atoms with van der Waals surface area (Å²) < 4.78 is 5.29. The zero-order valence-electron chi connectivity index (χ0n) is 17.7. The molecule has 4 heteroatoms. The minimum absolute atomic E-state index is 0.0914. The monoisotopic (exact) mass is 382 g/mol. The maximum absolute atomic E-state index is 11.8. The van der Waals surface area contributed by atoms with Gasteiger partial charge in [-0.1, -0.05) is 77.4 Å². The highest BCUT2D eigenvalue weighted by atomic mass is 16.5. The summed E-state index contributed by atoms with van der Waals surface area (Å²) >= 11 is 0. The lowest BCUT2D eigenvalue weighted by Crippen LogP contribution is -2.21. The molecule has 1 atom stereocenters. The van der Waals surface area contributed by atoms with E-state index in [2.05, 4.69) is 19.1 Å². The zero-order chi connectivity index (χ0) is 20.2. The fourth-order valence-corrected chi connectivity index (χ4v) is 3.13. The van der Waals surface area contributed by atoms with Gasteiger partial charge in [-0.15, -0.1) is 0 Å². The second-order valence-electron chi connectivity index (χ2n) is 7.48. The third-order valence-electron chi connectivity index (χ3n) is 4.70. The Balaban J connectivity index is 3.49. The second kappa shape index (κ2) is 19.4. The van der Waals surface area contributed by atoms with E-state index < -0.39 is 12.1 Å². The van der Waals surface area contributed by atoms with Crippen molar-refractivity contribution in [1.29, 1.82) is 0 Å². The van der Waals surface area contributed by atoms with E-state index in [1.54, 1.807) is 0 Å². The molecule has 0 bridgehead atoms. The van der Waals surface area contributed by atoms with Gasteiger partial charge < -0.3 is 9.84 Å². The number of carboxylic acids is 1. The van der Waals surface area contributed by atoms with Crippen molar-refractivity contribution in [2.75, 3.05) is 0 Å². The summed E-state index contributed by atoms with van der Waals surface area (Å²) in [5.74, 6) is -1.16. The van der Waals surface area contributed by atoms with Crippen LogP contribution in [0.15, 0.2) is 12.2 Å². The summed E-state index contributed by atoms with van der Waals surface area (Å²) in [6, 6.07) is 0. The molecule has 0 aromatic carbocycles. The van der Waals surface area contributed by atoms with Gasteiger partial charge in [-0.05, 0) is 38.5 Å². The van der Waals surface area contributed by atoms with Gasteiger partial charge in [0.1, 0.15) is 6.10 Å². The Hall–Kier alpha value is -1.32. The van der Waals surface area contributed by atoms with Crippen LogP contribution in [0, 0.1) is 0 Å². The molecule has 0 saturated carbocycles. The number of aliphatic carboxylic acids is 1. The van der Waals surface area contributed by atoms with Crippen LogP contribution in [-0.4, -0.2) is 23.1 Å². The molecule has 0 aliphatic rings. The molecule has 0 saturated heterocycles. The zero-order valence-corrected chi connectivity index (χ0v) is 17.7. The molecule has 0 aliphatic heterocycles. The number of hydrogen-bond donors (Lipinski definition) is 1. The largest absolute Gasteiger partial charge is 0.481 e. The van der Waals surface area contributed by atoms with E-state index in [9.17, 15) is 9.59 Å². The molecule has 0 rings (SSSR count). The first kappa shape index (κ1) is 25.7. The standard InChI is InChI=1S/C23H42O4/c1-3-5-6-7-8-9-10-11-12-13-14-15-16-17-19-23(26)27-21(18-4-2)20-22(24)25/h10-11,21H,3-9,12-20H2,1-2H3,(H,24,25)/b11-10-. The number of unbranched alkanes of at least 4 members (excludes halogenated alkanes) is 10. The minimum Gasteiger partial charge on any atom is -0.481 e. The van der Waals surface area contributed by atoms with Gasteiger partial charge >= 0.3 is 11.9 Å². The van der Waals surface area contributed by atoms with E-state index in [0.717, 1.165) is 32.1 Å². The van der Waals surface area contributed by atoms with Crippen LogP contribution in [0.1, 0.15) is 117 Å². The highest BCUT2D eigenvalue weighted by Crippen LogP contribution is 2.12. The molecular formula is C23H42O4. The van der Waals surface area contributed by atoms with Gasteiger partial charge in [0.2, 0.25) is 0 Å². The van der Waals surface area contributed by atoms with E-state index in [1.807, 2.05) is 6.92 Å². The number of carboxylic acid groups (broad SMARTS) is 1. The highest BCUT2D eigenvalue weighted by molar-refractivity contribution is 5.71. The second-order valence-corrected chi connectivity index (χ2v) is 7.48. The molecule has 0 fully saturated rings. The van der Waals surface area contributed by atoms with Crippen molar-refractivity contribution >= 4 is 11.9 Å². The Labute approximate surface area is 166 Å². The summed E-state index contributed by atoms with van der Waals surface area (Å²) in [5.41, 5.74) is 0. The third kappa shape index (κ3) is 19.3. The van der Waals surface area contributed by atoms with E-state index in [-0.39, 0.29) is 12.4 Å². The predicted molar refractivity (Wildman–Crippen MR) is 112 cm³/mol. The van der Waals surface area contributed by atoms with E-state index in [1.165, 1.54) is 51.4 Å². The van der Waals surface area contributed by atoms with Crippen LogP contribution < -0.4 is 0 Å². The van der Waals surface area contributed by atoms with Gasteiger partial charge in [0, 0.05) is 6.42 Å². The molecule has 158 valence electrons. The molecule has 0 spiro atoms. The van der Waals surface area contributed by atoms with Crippen molar-refractivity contribution in [2.24, 2.45) is 0 Å². The molecule has 0 aromatic rings. The molecule has 4 nitrogen and oxygen atoms in total. The number of rotatable bonds is 19. The van der Waals surface area contributed by atoms with E-state index in [4.69, 9.17) is 9.84 Å². The Bertz CT molecular complexity index is 390. The average molecular weight is 383 g/mol. The summed E-state index contributed by atoms with van der Waals surface area (Å²) in [6.07, 6.45) is 20.4. The van der Waals surface area contributed by atoms with E-state index in [0.29, 0.717) is 12.8 Å². The average Bonchev–Trinajstić information content (AvgIpc) is 2.61. The van der Waals surface area contributed by atoms with Gasteiger partial charge in [-0.25, -0.2) is 0 Å². The lowest BCUT2D eigenvalue weighted by atomic mass is 10.1. The smallest absolute Gasteiger partial charge is 0.307 e. The number of esters is 1. The highest BCUT2D eigenvalue weighted by Gasteiger charge is 2.16. The van der Waals surface area contributed by atoms with Crippen LogP contribution in [0.2, 0.25) is 0 Å². The maximum Gasteiger partial charge on any atom is 0.307 e. The fraction of sp³-hybridized carbons (Fsp3) is 0.826. The van der Waals surface area contributed by atoms with Gasteiger partial charge in [-0.2, -0.15) is 0 Å². The van der Waals surface area contributed by atoms with Crippen molar-refractivity contribution in [3.8, 4) is 0 Å². The Morgan fingerprint density at radius 2 is 1.37 bits per heavy atom. The molecule has 0 aliphatic carbocycles. The molecule has 27 heavy (non-hydrogen) atoms. The normalized spacial score (nSPS) is 12.4. The lowest BCUT2D eigenvalue weighted by molar-refractivity contribution is -0.153. The number of hydrogen-bond acceptors (Lipinski definition) is 3. The molecule has 0 heterocycles. The number of allylic oxidation sites excluding steroid dienone is 2. The van der Waals surface area contributed by atoms with Crippen LogP contribution in [0.4, 0.5) is 0 Å². The van der Waals surface area contributed by atoms with Gasteiger partial charge in [0.05, 0.1) is 6.42 Å². The molecular weight excluding hydrogens is 340 g/mol. The van der Waals surface area contributed by atoms with Crippen LogP contribution in [0.25, 0.3) is 0 Å². The minimum atomic E-state index is -0.910. The number of ether oxygens (including phenoxy) is 1. The molecule has 1 unspecified atom stereocenters. The topological polar surface area (TPSA) is 63.6 Å². The van der Waals surface area contributed by atoms with Crippen LogP contribution >= 0.6 is 0 Å². The first-order chi connectivity index (χ1) is 13.1. The first-order valence-corrected chi connectivity index (χ1v) is 11.2. The van der Waals surface area contributed by atoms with Crippen molar-refractivity contribution in [3.63, 3.8) is 0 Å². The van der Waals surface area contributed by atoms with Crippen molar-refractivity contribution in [3.05, 3.63) is 12.2 Å². The summed E-state index contributed by atoms with van der Waals surface area (Å²) in [7, 11) is 0. The van der Waals surface area contributed by atoms with Gasteiger partial charge in [-0.3, -0.25) is 9.59 Å². The van der Waals surface area contributed by atoms with Crippen molar-refractivity contribution < 1.29 is 19.4 Å². The summed E-state index contributed by atoms with van der Waals surface area (Å²) in [6.45, 7) is 4.21. The maximum atomic E-state index is 11.8. The Morgan fingerprint density at radius 3 is 1.93 bits per heavy atom. The Kier molecular flexibility index (Phi) is 18.5. The Morgan fingerprint density at radius 1 is 0.815 bits per heavy atom. The van der Waals surface area contributed by atoms with Gasteiger partial charge in [0.15, 0.2) is 0 Å². The van der Waals surface area contributed by atoms with Gasteiger partial charge in [0.25, 0.3) is 0 Å². The predicted octanol–water partition coefficient (Wildman–Crippen LogP) is 6.82. The molecule has 0 amide bonds. The number of carbonyl (C=O) groups is 2. The first-order valence-electron chi connectivity index (χ1n) is 11.2. The van der Waals surface area contributed by atoms with Crippen molar-refractivity contribution in [1.82, 2.24) is 0 Å². The molecule has 1 N–H and O–H groups in total. The third-order valence-corrected chi connectivity index (χ3v) is 4.70. The quantitative estimate of drug-likeness (QED) is 0.151. The number of carbonyl (C=O) groups excluding carboxylic acids is 1.